The summed E-state index contributed by atoms with van der Waals surface area (Å²) in [6, 6.07) is 18.4. The highest BCUT2D eigenvalue weighted by Crippen LogP contribution is 2.23. The van der Waals surface area contributed by atoms with Crippen LogP contribution in [-0.4, -0.2) is 7.11 Å². The van der Waals surface area contributed by atoms with E-state index in [0.717, 1.165) is 24.2 Å². The molecule has 0 bridgehead atoms. The van der Waals surface area contributed by atoms with E-state index in [1.54, 1.807) is 7.11 Å². The summed E-state index contributed by atoms with van der Waals surface area (Å²) in [5.41, 5.74) is 2.33. The Hall–Kier alpha value is -2.20. The number of hydrogen-bond acceptors (Lipinski definition) is 1. The molecular formula is C19H20O. The van der Waals surface area contributed by atoms with Gasteiger partial charge in [0.05, 0.1) is 7.11 Å². The summed E-state index contributed by atoms with van der Waals surface area (Å²) in [6.45, 7) is 2.20. The zero-order chi connectivity index (χ0) is 14.2. The first-order valence-electron chi connectivity index (χ1n) is 7.04. The monoisotopic (exact) mass is 264 g/mol. The highest BCUT2D eigenvalue weighted by Gasteiger charge is 2.07. The molecule has 0 aliphatic carbocycles. The number of methoxy groups -OCH3 is 1. The molecule has 0 aliphatic heterocycles. The summed E-state index contributed by atoms with van der Waals surface area (Å²) in [5, 5.41) is 0. The van der Waals surface area contributed by atoms with Crippen molar-refractivity contribution in [2.75, 3.05) is 7.11 Å². The van der Waals surface area contributed by atoms with E-state index >= 15 is 0 Å². The largest absolute Gasteiger partial charge is 0.497 e. The fourth-order valence-electron chi connectivity index (χ4n) is 2.14. The van der Waals surface area contributed by atoms with E-state index in [9.17, 15) is 0 Å². The molecule has 0 amide bonds. The summed E-state index contributed by atoms with van der Waals surface area (Å²) in [6.07, 6.45) is 2.20. The predicted octanol–water partition coefficient (Wildman–Crippen LogP) is 4.63. The Morgan fingerprint density at radius 1 is 1.00 bits per heavy atom. The average molecular weight is 264 g/mol. The van der Waals surface area contributed by atoms with Gasteiger partial charge in [0.1, 0.15) is 5.75 Å². The molecule has 1 heteroatoms. The molecule has 0 aromatic heterocycles. The van der Waals surface area contributed by atoms with Crippen molar-refractivity contribution in [2.24, 2.45) is 0 Å². The van der Waals surface area contributed by atoms with Crippen LogP contribution in [0.3, 0.4) is 0 Å². The zero-order valence-corrected chi connectivity index (χ0v) is 12.1. The van der Waals surface area contributed by atoms with Gasteiger partial charge in [0.2, 0.25) is 0 Å². The third-order valence-corrected chi connectivity index (χ3v) is 3.26. The lowest BCUT2D eigenvalue weighted by Crippen LogP contribution is -1.96. The fourth-order valence-corrected chi connectivity index (χ4v) is 2.14. The molecule has 20 heavy (non-hydrogen) atoms. The number of benzene rings is 2. The van der Waals surface area contributed by atoms with Crippen molar-refractivity contribution in [1.29, 1.82) is 0 Å². The Bertz CT molecular complexity index is 573. The highest BCUT2D eigenvalue weighted by atomic mass is 16.5. The van der Waals surface area contributed by atoms with Gasteiger partial charge in [-0.1, -0.05) is 55.5 Å². The van der Waals surface area contributed by atoms with Crippen LogP contribution in [0.25, 0.3) is 0 Å². The SMILES string of the molecule is CCCC(C#Cc1ccccc1)c1ccc(OC)cc1. The third-order valence-electron chi connectivity index (χ3n) is 3.26. The van der Waals surface area contributed by atoms with E-state index in [4.69, 9.17) is 4.74 Å². The lowest BCUT2D eigenvalue weighted by Gasteiger charge is -2.10. The lowest BCUT2D eigenvalue weighted by atomic mass is 9.94. The second kappa shape index (κ2) is 7.40. The van der Waals surface area contributed by atoms with Gasteiger partial charge in [-0.2, -0.15) is 0 Å². The maximum absolute atomic E-state index is 5.20. The van der Waals surface area contributed by atoms with Gasteiger partial charge >= 0.3 is 0 Å². The molecule has 2 rings (SSSR count). The van der Waals surface area contributed by atoms with Crippen molar-refractivity contribution >= 4 is 0 Å². The van der Waals surface area contributed by atoms with Gasteiger partial charge in [-0.05, 0) is 36.2 Å². The normalized spacial score (nSPS) is 11.3. The number of rotatable bonds is 4. The van der Waals surface area contributed by atoms with E-state index < -0.39 is 0 Å². The van der Waals surface area contributed by atoms with Crippen LogP contribution in [0.2, 0.25) is 0 Å². The smallest absolute Gasteiger partial charge is 0.118 e. The van der Waals surface area contributed by atoms with Crippen molar-refractivity contribution < 1.29 is 4.74 Å². The topological polar surface area (TPSA) is 9.23 Å². The van der Waals surface area contributed by atoms with Gasteiger partial charge in [0.15, 0.2) is 0 Å². The quantitative estimate of drug-likeness (QED) is 0.731. The standard InChI is InChI=1S/C19H20O/c1-3-7-17(11-10-16-8-5-4-6-9-16)18-12-14-19(20-2)15-13-18/h4-6,8-9,12-15,17H,3,7H2,1-2H3. The first-order valence-corrected chi connectivity index (χ1v) is 7.04. The molecule has 0 N–H and O–H groups in total. The molecule has 1 atom stereocenters. The van der Waals surface area contributed by atoms with Crippen LogP contribution in [0.4, 0.5) is 0 Å². The Morgan fingerprint density at radius 2 is 1.70 bits per heavy atom. The van der Waals surface area contributed by atoms with E-state index in [0.29, 0.717) is 0 Å². The van der Waals surface area contributed by atoms with Crippen molar-refractivity contribution in [3.63, 3.8) is 0 Å². The summed E-state index contributed by atoms with van der Waals surface area (Å²) in [7, 11) is 1.69. The van der Waals surface area contributed by atoms with E-state index in [-0.39, 0.29) is 5.92 Å². The van der Waals surface area contributed by atoms with Crippen LogP contribution in [0.1, 0.15) is 36.8 Å². The Balaban J connectivity index is 2.20. The minimum Gasteiger partial charge on any atom is -0.497 e. The molecule has 0 spiro atoms. The Kier molecular flexibility index (Phi) is 5.26. The van der Waals surface area contributed by atoms with Crippen LogP contribution < -0.4 is 4.74 Å². The zero-order valence-electron chi connectivity index (χ0n) is 12.1. The second-order valence-electron chi connectivity index (χ2n) is 4.75. The summed E-state index contributed by atoms with van der Waals surface area (Å²) in [4.78, 5) is 0. The molecule has 0 fully saturated rings. The fraction of sp³-hybridized carbons (Fsp3) is 0.263. The molecule has 0 saturated heterocycles. The van der Waals surface area contributed by atoms with Crippen molar-refractivity contribution in [3.05, 3.63) is 65.7 Å². The predicted molar refractivity (Wildman–Crippen MR) is 84.0 cm³/mol. The third kappa shape index (κ3) is 3.90. The minimum absolute atomic E-state index is 0.283. The van der Waals surface area contributed by atoms with Gasteiger partial charge in [0, 0.05) is 11.5 Å². The molecule has 0 aliphatic rings. The molecular weight excluding hydrogens is 244 g/mol. The van der Waals surface area contributed by atoms with Crippen molar-refractivity contribution in [3.8, 4) is 17.6 Å². The summed E-state index contributed by atoms with van der Waals surface area (Å²) >= 11 is 0. The van der Waals surface area contributed by atoms with Crippen molar-refractivity contribution in [1.82, 2.24) is 0 Å². The number of hydrogen-bond donors (Lipinski definition) is 0. The van der Waals surface area contributed by atoms with Crippen LogP contribution >= 0.6 is 0 Å². The molecule has 0 radical (unpaired) electrons. The average Bonchev–Trinajstić information content (AvgIpc) is 2.52. The van der Waals surface area contributed by atoms with E-state index in [1.165, 1.54) is 5.56 Å². The number of ether oxygens (including phenoxy) is 1. The molecule has 1 nitrogen and oxygen atoms in total. The molecule has 2 aromatic carbocycles. The molecule has 0 heterocycles. The highest BCUT2D eigenvalue weighted by molar-refractivity contribution is 5.39. The van der Waals surface area contributed by atoms with E-state index in [1.807, 2.05) is 42.5 Å². The van der Waals surface area contributed by atoms with Crippen LogP contribution in [0, 0.1) is 11.8 Å². The van der Waals surface area contributed by atoms with Crippen LogP contribution in [0.5, 0.6) is 5.75 Å². The first-order chi connectivity index (χ1) is 9.83. The molecule has 1 unspecified atom stereocenters. The summed E-state index contributed by atoms with van der Waals surface area (Å²) < 4.78 is 5.20. The maximum atomic E-state index is 5.20. The molecule has 2 aromatic rings. The van der Waals surface area contributed by atoms with Gasteiger partial charge in [-0.25, -0.2) is 0 Å². The molecule has 0 saturated carbocycles. The lowest BCUT2D eigenvalue weighted by molar-refractivity contribution is 0.414. The Labute approximate surface area is 121 Å². The minimum atomic E-state index is 0.283. The van der Waals surface area contributed by atoms with Crippen molar-refractivity contribution in [2.45, 2.75) is 25.7 Å². The van der Waals surface area contributed by atoms with Gasteiger partial charge in [-0.15, -0.1) is 0 Å². The van der Waals surface area contributed by atoms with Crippen LogP contribution in [0.15, 0.2) is 54.6 Å². The Morgan fingerprint density at radius 3 is 2.30 bits per heavy atom. The summed E-state index contributed by atoms with van der Waals surface area (Å²) in [5.74, 6) is 7.85. The van der Waals surface area contributed by atoms with Crippen LogP contribution in [-0.2, 0) is 0 Å². The maximum Gasteiger partial charge on any atom is 0.118 e. The van der Waals surface area contributed by atoms with Gasteiger partial charge in [-0.3, -0.25) is 0 Å². The van der Waals surface area contributed by atoms with E-state index in [2.05, 4.69) is 30.9 Å². The second-order valence-corrected chi connectivity index (χ2v) is 4.75. The molecule has 102 valence electrons. The van der Waals surface area contributed by atoms with Gasteiger partial charge < -0.3 is 4.74 Å². The van der Waals surface area contributed by atoms with Gasteiger partial charge in [0.25, 0.3) is 0 Å². The first kappa shape index (κ1) is 14.2.